The van der Waals surface area contributed by atoms with Crippen LogP contribution in [0.1, 0.15) is 55.8 Å². The summed E-state index contributed by atoms with van der Waals surface area (Å²) >= 11 is 0. The number of ether oxygens (including phenoxy) is 2. The molecule has 1 amide bonds. The molecule has 3 aromatic heterocycles. The number of halogens is 1. The molecule has 38 heavy (non-hydrogen) atoms. The minimum Gasteiger partial charge on any atom is -0.443 e. The molecule has 3 saturated carbocycles. The quantitative estimate of drug-likeness (QED) is 0.431. The summed E-state index contributed by atoms with van der Waals surface area (Å²) in [5, 5.41) is 13.7. The van der Waals surface area contributed by atoms with Crippen molar-refractivity contribution in [2.24, 2.45) is 5.92 Å². The van der Waals surface area contributed by atoms with Gasteiger partial charge in [0, 0.05) is 55.2 Å². The Morgan fingerprint density at radius 2 is 2.11 bits per heavy atom. The molecule has 12 heteroatoms. The van der Waals surface area contributed by atoms with Gasteiger partial charge in [-0.15, -0.1) is 0 Å². The molecule has 0 spiro atoms. The topological polar surface area (TPSA) is 122 Å². The van der Waals surface area contributed by atoms with Crippen LogP contribution in [0.25, 0.3) is 5.65 Å². The maximum Gasteiger partial charge on any atom is 0.407 e. The first kappa shape index (κ1) is 23.8. The Morgan fingerprint density at radius 1 is 1.26 bits per heavy atom. The Balaban J connectivity index is 0.984. The number of nitrogens with zero attached hydrogens (tertiary/aromatic N) is 5. The van der Waals surface area contributed by atoms with Crippen LogP contribution in [-0.2, 0) is 16.0 Å². The summed E-state index contributed by atoms with van der Waals surface area (Å²) in [7, 11) is 0. The highest BCUT2D eigenvalue weighted by atomic mass is 19.1. The summed E-state index contributed by atoms with van der Waals surface area (Å²) < 4.78 is 27.7. The third-order valence-corrected chi connectivity index (χ3v) is 8.90. The van der Waals surface area contributed by atoms with Gasteiger partial charge in [0.05, 0.1) is 18.9 Å². The minimum atomic E-state index is -1.20. The second-order valence-corrected chi connectivity index (χ2v) is 11.1. The molecule has 3 N–H and O–H groups in total. The van der Waals surface area contributed by atoms with E-state index in [9.17, 15) is 9.18 Å². The summed E-state index contributed by atoms with van der Waals surface area (Å²) in [4.78, 5) is 24.0. The number of fused-ring (bicyclic) bond motifs is 2. The maximum atomic E-state index is 14.8. The first-order valence-corrected chi connectivity index (χ1v) is 13.6. The van der Waals surface area contributed by atoms with Gasteiger partial charge >= 0.3 is 6.09 Å². The smallest absolute Gasteiger partial charge is 0.407 e. The number of nitrogens with one attached hydrogen (secondary N) is 3. The van der Waals surface area contributed by atoms with Gasteiger partial charge in [-0.3, -0.25) is 14.4 Å². The van der Waals surface area contributed by atoms with Crippen LogP contribution in [0.4, 0.5) is 21.0 Å². The van der Waals surface area contributed by atoms with Crippen LogP contribution in [0.3, 0.4) is 0 Å². The van der Waals surface area contributed by atoms with E-state index < -0.39 is 18.4 Å². The van der Waals surface area contributed by atoms with Crippen LogP contribution in [-0.4, -0.2) is 79.7 Å². The average molecular weight is 525 g/mol. The molecule has 4 fully saturated rings. The van der Waals surface area contributed by atoms with Crippen molar-refractivity contribution >= 4 is 23.5 Å². The Labute approximate surface area is 219 Å². The minimum absolute atomic E-state index is 0.0831. The van der Waals surface area contributed by atoms with Crippen LogP contribution < -0.4 is 10.6 Å². The monoisotopic (exact) mass is 524 g/mol. The van der Waals surface area contributed by atoms with Crippen LogP contribution >= 0.6 is 0 Å². The zero-order chi connectivity index (χ0) is 25.7. The fourth-order valence-corrected chi connectivity index (χ4v) is 6.43. The number of carbonyl (C=O) groups is 1. The third-order valence-electron chi connectivity index (χ3n) is 8.90. The van der Waals surface area contributed by atoms with Crippen LogP contribution in [0.5, 0.6) is 0 Å². The first-order valence-electron chi connectivity index (χ1n) is 13.6. The van der Waals surface area contributed by atoms with Crippen molar-refractivity contribution in [2.75, 3.05) is 31.6 Å². The highest BCUT2D eigenvalue weighted by Crippen LogP contribution is 2.53. The largest absolute Gasteiger partial charge is 0.443 e. The van der Waals surface area contributed by atoms with Crippen LogP contribution in [0, 0.1) is 5.92 Å². The van der Waals surface area contributed by atoms with Gasteiger partial charge in [0.2, 0.25) is 5.95 Å². The summed E-state index contributed by atoms with van der Waals surface area (Å²) in [6, 6.07) is 3.74. The van der Waals surface area contributed by atoms with Gasteiger partial charge in [-0.2, -0.15) is 5.10 Å². The second-order valence-electron chi connectivity index (χ2n) is 11.1. The van der Waals surface area contributed by atoms with Crippen molar-refractivity contribution in [3.8, 4) is 0 Å². The Hall–Kier alpha value is -3.25. The highest BCUT2D eigenvalue weighted by molar-refractivity contribution is 5.69. The van der Waals surface area contributed by atoms with Gasteiger partial charge in [-0.05, 0) is 50.5 Å². The van der Waals surface area contributed by atoms with E-state index >= 15 is 0 Å². The van der Waals surface area contributed by atoms with E-state index in [1.54, 1.807) is 6.20 Å². The number of H-pyrrole nitrogens is 1. The van der Waals surface area contributed by atoms with Crippen molar-refractivity contribution in [3.05, 3.63) is 35.9 Å². The number of amides is 1. The Bertz CT molecular complexity index is 1310. The molecule has 3 aromatic rings. The molecule has 1 saturated heterocycles. The number of aromatic amines is 1. The molecule has 11 nitrogen and oxygen atoms in total. The van der Waals surface area contributed by atoms with E-state index in [1.807, 2.05) is 22.7 Å². The predicted molar refractivity (Wildman–Crippen MR) is 136 cm³/mol. The molecule has 7 rings (SSSR count). The molecular weight excluding hydrogens is 491 g/mol. The summed E-state index contributed by atoms with van der Waals surface area (Å²) in [5.74, 6) is 1.64. The van der Waals surface area contributed by atoms with E-state index in [0.29, 0.717) is 24.1 Å². The lowest BCUT2D eigenvalue weighted by Crippen LogP contribution is -2.66. The van der Waals surface area contributed by atoms with E-state index in [-0.39, 0.29) is 17.9 Å². The molecule has 4 heterocycles. The predicted octanol–water partition coefficient (Wildman–Crippen LogP) is 3.28. The number of alkyl carbamates (subject to hydrolysis) is 1. The number of imidazole rings is 1. The molecular formula is C26H33FN8O3. The molecule has 0 bridgehead atoms. The fraction of sp³-hybridized carbons (Fsp3) is 0.615. The van der Waals surface area contributed by atoms with Gasteiger partial charge in [-0.25, -0.2) is 19.2 Å². The average Bonchev–Trinajstić information content (AvgIpc) is 3.63. The number of aromatic nitrogens is 5. The number of morpholine rings is 1. The summed E-state index contributed by atoms with van der Waals surface area (Å²) in [6.45, 7) is 4.03. The van der Waals surface area contributed by atoms with Gasteiger partial charge in [0.15, 0.2) is 5.82 Å². The number of alkyl halides is 1. The van der Waals surface area contributed by atoms with Crippen molar-refractivity contribution in [1.82, 2.24) is 34.8 Å². The molecule has 0 aromatic carbocycles. The van der Waals surface area contributed by atoms with Crippen LogP contribution in [0.15, 0.2) is 24.5 Å². The molecule has 4 aliphatic rings. The Kier molecular flexibility index (Phi) is 5.96. The van der Waals surface area contributed by atoms with Crippen molar-refractivity contribution in [2.45, 2.75) is 68.8 Å². The number of rotatable bonds is 7. The molecule has 1 aliphatic heterocycles. The second kappa shape index (κ2) is 9.49. The van der Waals surface area contributed by atoms with Crippen LogP contribution in [0.2, 0.25) is 0 Å². The normalized spacial score (nSPS) is 30.9. The number of carbonyl (C=O) groups excluding carboxylic acids is 1. The first-order chi connectivity index (χ1) is 18.5. The lowest BCUT2D eigenvalue weighted by Gasteiger charge is -2.58. The highest BCUT2D eigenvalue weighted by Gasteiger charge is 2.55. The van der Waals surface area contributed by atoms with E-state index in [2.05, 4.69) is 30.7 Å². The molecule has 0 radical (unpaired) electrons. The number of anilines is 2. The summed E-state index contributed by atoms with van der Waals surface area (Å²) in [5.41, 5.74) is 2.49. The van der Waals surface area contributed by atoms with Crippen molar-refractivity contribution in [3.63, 3.8) is 0 Å². The standard InChI is InChI=1S/C26H33FN8O3/c27-19-11-16(12-21(19)38-25(36)31-26-4-1-17(26)2-5-26)20-13-22(33-32-20)30-24-28-6-3-23-29-18(15-35(23)24)14-34-7-9-37-10-8-34/h3,6,13,15-17,19,21H,1-2,4-5,7-12,14H2,(H,31,36)(H2,28,30,32,33)/t16-,17?,19+,21-,26?/m0/s1. The lowest BCUT2D eigenvalue weighted by atomic mass is 9.53. The van der Waals surface area contributed by atoms with Gasteiger partial charge in [-0.1, -0.05) is 0 Å². The molecule has 3 atom stereocenters. The fourth-order valence-electron chi connectivity index (χ4n) is 6.43. The van der Waals surface area contributed by atoms with E-state index in [4.69, 9.17) is 14.5 Å². The molecule has 3 aliphatic carbocycles. The zero-order valence-electron chi connectivity index (χ0n) is 21.2. The van der Waals surface area contributed by atoms with E-state index in [0.717, 1.165) is 75.6 Å². The maximum absolute atomic E-state index is 14.8. The molecule has 0 unspecified atom stereocenters. The number of hydrogen-bond donors (Lipinski definition) is 3. The molecule has 202 valence electrons. The van der Waals surface area contributed by atoms with Gasteiger partial charge in [0.1, 0.15) is 17.9 Å². The Morgan fingerprint density at radius 3 is 2.87 bits per heavy atom. The van der Waals surface area contributed by atoms with Crippen molar-refractivity contribution in [1.29, 1.82) is 0 Å². The summed E-state index contributed by atoms with van der Waals surface area (Å²) in [6.07, 6.45) is 6.29. The zero-order valence-corrected chi connectivity index (χ0v) is 21.2. The van der Waals surface area contributed by atoms with Gasteiger partial charge in [0.25, 0.3) is 0 Å². The lowest BCUT2D eigenvalue weighted by molar-refractivity contribution is -0.0275. The SMILES string of the molecule is O=C(NC12CCC1CC2)O[C@H]1C[C@@H](c2cc(Nc3nccc4nc(CN5CCOCC5)cn34)n[nH]2)C[C@H]1F. The number of hydrogen-bond acceptors (Lipinski definition) is 8. The third kappa shape index (κ3) is 4.39. The van der Waals surface area contributed by atoms with Crippen molar-refractivity contribution < 1.29 is 18.7 Å². The van der Waals surface area contributed by atoms with Gasteiger partial charge < -0.3 is 20.1 Å². The van der Waals surface area contributed by atoms with E-state index in [1.165, 1.54) is 0 Å².